The van der Waals surface area contributed by atoms with E-state index in [1.165, 1.54) is 17.0 Å². The zero-order valence-corrected chi connectivity index (χ0v) is 21.2. The van der Waals surface area contributed by atoms with Gasteiger partial charge in [-0.05, 0) is 43.2 Å². The van der Waals surface area contributed by atoms with E-state index >= 15 is 0 Å². The third-order valence-electron chi connectivity index (χ3n) is 5.51. The van der Waals surface area contributed by atoms with Gasteiger partial charge in [0.25, 0.3) is 5.56 Å². The fourth-order valence-electron chi connectivity index (χ4n) is 3.54. The molecule has 0 bridgehead atoms. The fraction of sp³-hybridized carbons (Fsp3) is 0.200. The minimum Gasteiger partial charge on any atom is -0.461 e. The number of hydrogen-bond donors (Lipinski definition) is 1. The number of ether oxygens (including phenoxy) is 1. The second kappa shape index (κ2) is 10.6. The maximum absolute atomic E-state index is 13.3. The minimum absolute atomic E-state index is 0.220. The molecule has 1 amide bonds. The molecule has 0 aliphatic carbocycles. The Bertz CT molecular complexity index is 1470. The summed E-state index contributed by atoms with van der Waals surface area (Å²) >= 11 is 13.2. The summed E-state index contributed by atoms with van der Waals surface area (Å²) in [7, 11) is 0. The minimum atomic E-state index is -0.893. The van der Waals surface area contributed by atoms with E-state index in [4.69, 9.17) is 27.9 Å². The average molecular weight is 530 g/mol. The molecule has 0 fully saturated rings. The van der Waals surface area contributed by atoms with Crippen molar-refractivity contribution in [3.8, 4) is 0 Å². The molecule has 0 aliphatic rings. The lowest BCUT2D eigenvalue weighted by atomic mass is 10.2. The second-order valence-corrected chi connectivity index (χ2v) is 9.70. The molecule has 35 heavy (non-hydrogen) atoms. The van der Waals surface area contributed by atoms with Crippen LogP contribution in [0.3, 0.4) is 0 Å². The van der Waals surface area contributed by atoms with Crippen LogP contribution in [-0.2, 0) is 16.0 Å². The number of thiophene rings is 1. The van der Waals surface area contributed by atoms with Crippen molar-refractivity contribution in [2.75, 3.05) is 11.9 Å². The Kier molecular flexibility index (Phi) is 7.54. The molecule has 4 aromatic rings. The largest absolute Gasteiger partial charge is 0.461 e. The van der Waals surface area contributed by atoms with Gasteiger partial charge in [0.2, 0.25) is 5.91 Å². The summed E-state index contributed by atoms with van der Waals surface area (Å²) in [5.74, 6) is -0.973. The average Bonchev–Trinajstić information content (AvgIpc) is 3.19. The lowest BCUT2D eigenvalue weighted by Crippen LogP contribution is -2.31. The molecule has 1 atom stereocenters. The molecule has 0 saturated carbocycles. The number of aryl methyl sites for hydroxylation is 1. The highest BCUT2D eigenvalue weighted by molar-refractivity contribution is 7.20. The van der Waals surface area contributed by atoms with Gasteiger partial charge in [-0.25, -0.2) is 9.78 Å². The topological polar surface area (TPSA) is 90.3 Å². The lowest BCUT2D eigenvalue weighted by molar-refractivity contribution is -0.118. The first-order valence-corrected chi connectivity index (χ1v) is 12.3. The van der Waals surface area contributed by atoms with Crippen LogP contribution in [-0.4, -0.2) is 28.0 Å². The van der Waals surface area contributed by atoms with Crippen molar-refractivity contribution in [2.24, 2.45) is 0 Å². The van der Waals surface area contributed by atoms with Gasteiger partial charge in [0, 0.05) is 11.4 Å². The molecule has 180 valence electrons. The Hall–Kier alpha value is -3.20. The van der Waals surface area contributed by atoms with E-state index in [1.807, 2.05) is 30.3 Å². The van der Waals surface area contributed by atoms with Crippen LogP contribution in [0.5, 0.6) is 0 Å². The van der Waals surface area contributed by atoms with Crippen LogP contribution in [0, 0.1) is 6.92 Å². The highest BCUT2D eigenvalue weighted by Crippen LogP contribution is 2.29. The van der Waals surface area contributed by atoms with Gasteiger partial charge in [0.05, 0.1) is 29.0 Å². The first-order valence-electron chi connectivity index (χ1n) is 10.7. The number of nitrogens with one attached hydrogen (secondary N) is 1. The first-order chi connectivity index (χ1) is 16.8. The van der Waals surface area contributed by atoms with Crippen molar-refractivity contribution < 1.29 is 14.3 Å². The van der Waals surface area contributed by atoms with E-state index in [2.05, 4.69) is 10.3 Å². The van der Waals surface area contributed by atoms with Gasteiger partial charge in [-0.3, -0.25) is 14.2 Å². The summed E-state index contributed by atoms with van der Waals surface area (Å²) in [4.78, 5) is 43.8. The Morgan fingerprint density at radius 1 is 1.17 bits per heavy atom. The molecule has 2 heterocycles. The van der Waals surface area contributed by atoms with Gasteiger partial charge in [-0.15, -0.1) is 11.3 Å². The van der Waals surface area contributed by atoms with E-state index < -0.39 is 23.5 Å². The van der Waals surface area contributed by atoms with Crippen molar-refractivity contribution in [2.45, 2.75) is 26.3 Å². The van der Waals surface area contributed by atoms with E-state index in [0.29, 0.717) is 37.4 Å². The number of esters is 1. The summed E-state index contributed by atoms with van der Waals surface area (Å²) in [6, 6.07) is 13.5. The summed E-state index contributed by atoms with van der Waals surface area (Å²) in [5, 5.41) is 3.70. The van der Waals surface area contributed by atoms with Gasteiger partial charge in [-0.1, -0.05) is 53.5 Å². The molecule has 0 aliphatic heterocycles. The van der Waals surface area contributed by atoms with Crippen molar-refractivity contribution in [3.63, 3.8) is 0 Å². The van der Waals surface area contributed by atoms with E-state index in [-0.39, 0.29) is 12.0 Å². The number of nitrogens with zero attached hydrogens (tertiary/aromatic N) is 2. The number of carbonyl (C=O) groups is 2. The zero-order chi connectivity index (χ0) is 25.1. The number of anilines is 1. The third-order valence-corrected chi connectivity index (χ3v) is 7.26. The van der Waals surface area contributed by atoms with Gasteiger partial charge >= 0.3 is 5.97 Å². The van der Waals surface area contributed by atoms with E-state index in [9.17, 15) is 14.4 Å². The Morgan fingerprint density at radius 3 is 2.66 bits per heavy atom. The molecule has 2 aromatic carbocycles. The normalized spacial score (nSPS) is 11.9. The van der Waals surface area contributed by atoms with Crippen LogP contribution in [0.4, 0.5) is 5.69 Å². The first kappa shape index (κ1) is 24.9. The number of aromatic nitrogens is 2. The Balaban J connectivity index is 1.54. The van der Waals surface area contributed by atoms with Crippen LogP contribution < -0.4 is 10.9 Å². The van der Waals surface area contributed by atoms with Crippen molar-refractivity contribution in [3.05, 3.63) is 91.3 Å². The van der Waals surface area contributed by atoms with Crippen molar-refractivity contribution in [1.82, 2.24) is 9.55 Å². The standard InChI is InChI=1S/C25H21Cl2N3O4S/c1-14-20-23(35-21(14)25(33)34-11-10-16-6-4-3-5-7-16)28-13-30(24(20)32)15(2)22(31)29-19-12-17(26)8-9-18(19)27/h3-9,12-13,15H,10-11H2,1-2H3,(H,29,31). The fourth-order valence-corrected chi connectivity index (χ4v) is 4.91. The predicted molar refractivity (Wildman–Crippen MR) is 139 cm³/mol. The summed E-state index contributed by atoms with van der Waals surface area (Å²) in [6.45, 7) is 3.47. The molecule has 4 rings (SSSR count). The number of rotatable bonds is 7. The smallest absolute Gasteiger partial charge is 0.348 e. The lowest BCUT2D eigenvalue weighted by Gasteiger charge is -2.15. The van der Waals surface area contributed by atoms with Gasteiger partial charge in [0.15, 0.2) is 0 Å². The SMILES string of the molecule is Cc1c(C(=O)OCCc2ccccc2)sc2ncn(C(C)C(=O)Nc3cc(Cl)ccc3Cl)c(=O)c12. The highest BCUT2D eigenvalue weighted by Gasteiger charge is 2.24. The predicted octanol–water partition coefficient (Wildman–Crippen LogP) is 5.67. The summed E-state index contributed by atoms with van der Waals surface area (Å²) < 4.78 is 6.66. The quantitative estimate of drug-likeness (QED) is 0.311. The van der Waals surface area contributed by atoms with Crippen LogP contribution >= 0.6 is 34.5 Å². The number of carbonyl (C=O) groups excluding carboxylic acids is 2. The molecule has 1 unspecified atom stereocenters. The Labute approximate surface area is 215 Å². The van der Waals surface area contributed by atoms with Crippen LogP contribution in [0.25, 0.3) is 10.2 Å². The van der Waals surface area contributed by atoms with Gasteiger partial charge in [-0.2, -0.15) is 0 Å². The highest BCUT2D eigenvalue weighted by atomic mass is 35.5. The van der Waals surface area contributed by atoms with Gasteiger partial charge < -0.3 is 10.1 Å². The molecule has 0 saturated heterocycles. The molecular formula is C25H21Cl2N3O4S. The maximum Gasteiger partial charge on any atom is 0.348 e. The maximum atomic E-state index is 13.3. The monoisotopic (exact) mass is 529 g/mol. The second-order valence-electron chi connectivity index (χ2n) is 7.85. The van der Waals surface area contributed by atoms with E-state index in [1.54, 1.807) is 26.0 Å². The van der Waals surface area contributed by atoms with Gasteiger partial charge in [0.1, 0.15) is 15.7 Å². The summed E-state index contributed by atoms with van der Waals surface area (Å²) in [5.41, 5.74) is 1.45. The summed E-state index contributed by atoms with van der Waals surface area (Å²) in [6.07, 6.45) is 1.89. The van der Waals surface area contributed by atoms with Crippen LogP contribution in [0.2, 0.25) is 10.0 Å². The number of benzene rings is 2. The number of halogens is 2. The van der Waals surface area contributed by atoms with Crippen molar-refractivity contribution in [1.29, 1.82) is 0 Å². The number of amides is 1. The van der Waals surface area contributed by atoms with E-state index in [0.717, 1.165) is 16.9 Å². The molecule has 7 nitrogen and oxygen atoms in total. The third kappa shape index (κ3) is 5.40. The Morgan fingerprint density at radius 2 is 1.91 bits per heavy atom. The zero-order valence-electron chi connectivity index (χ0n) is 18.9. The number of fused-ring (bicyclic) bond motifs is 1. The molecule has 10 heteroatoms. The number of hydrogen-bond acceptors (Lipinski definition) is 6. The van der Waals surface area contributed by atoms with Crippen LogP contribution in [0.15, 0.2) is 59.7 Å². The van der Waals surface area contributed by atoms with Crippen LogP contribution in [0.1, 0.15) is 33.8 Å². The molecular weight excluding hydrogens is 509 g/mol. The molecule has 1 N–H and O–H groups in total. The van der Waals surface area contributed by atoms with Crippen molar-refractivity contribution >= 4 is 62.3 Å². The molecule has 0 spiro atoms. The molecule has 0 radical (unpaired) electrons. The molecule has 2 aromatic heterocycles.